The summed E-state index contributed by atoms with van der Waals surface area (Å²) >= 11 is 6.32. The van der Waals surface area contributed by atoms with Gasteiger partial charge in [0.2, 0.25) is 5.91 Å². The Bertz CT molecular complexity index is 844. The van der Waals surface area contributed by atoms with Crippen LogP contribution in [-0.4, -0.2) is 24.4 Å². The van der Waals surface area contributed by atoms with E-state index >= 15 is 0 Å². The average molecular weight is 384 g/mol. The highest BCUT2D eigenvalue weighted by Crippen LogP contribution is 2.25. The van der Waals surface area contributed by atoms with E-state index in [1.54, 1.807) is 12.1 Å². The van der Waals surface area contributed by atoms with Gasteiger partial charge in [-0.15, -0.1) is 0 Å². The summed E-state index contributed by atoms with van der Waals surface area (Å²) in [5.41, 5.74) is 2.21. The first kappa shape index (κ1) is 20.5. The first-order valence-corrected chi connectivity index (χ1v) is 9.10. The Balaban J connectivity index is 2.17. The second-order valence-electron chi connectivity index (χ2n) is 6.59. The average Bonchev–Trinajstić information content (AvgIpc) is 2.65. The first-order valence-electron chi connectivity index (χ1n) is 8.73. The third-order valence-corrected chi connectivity index (χ3v) is 4.30. The standard InChI is InChI=1S/C21H22ClN3O2/c1-14(2)12-19(21(27)24-11-10-23)25-20(26)17-9-8-16(13-18(17)22)15-6-4-3-5-7-15/h3-9,13-14,19H,11-12H2,1-2H3,(H,24,27)(H,25,26)/t19-/m0/s1. The normalized spacial score (nSPS) is 11.5. The number of halogens is 1. The summed E-state index contributed by atoms with van der Waals surface area (Å²) in [6.45, 7) is 3.81. The van der Waals surface area contributed by atoms with Crippen LogP contribution in [0.1, 0.15) is 30.6 Å². The van der Waals surface area contributed by atoms with E-state index in [1.165, 1.54) is 0 Å². The lowest BCUT2D eigenvalue weighted by atomic mass is 10.0. The quantitative estimate of drug-likeness (QED) is 0.713. The van der Waals surface area contributed by atoms with Crippen LogP contribution in [0.15, 0.2) is 48.5 Å². The molecular formula is C21H22ClN3O2. The topological polar surface area (TPSA) is 82.0 Å². The molecule has 0 radical (unpaired) electrons. The van der Waals surface area contributed by atoms with E-state index in [1.807, 2.05) is 56.3 Å². The Morgan fingerprint density at radius 1 is 1.11 bits per heavy atom. The van der Waals surface area contributed by atoms with E-state index in [0.29, 0.717) is 17.0 Å². The summed E-state index contributed by atoms with van der Waals surface area (Å²) in [6.07, 6.45) is 0.461. The number of hydrogen-bond acceptors (Lipinski definition) is 3. The van der Waals surface area contributed by atoms with Gasteiger partial charge in [-0.25, -0.2) is 0 Å². The molecule has 0 saturated heterocycles. The van der Waals surface area contributed by atoms with Crippen molar-refractivity contribution in [2.45, 2.75) is 26.3 Å². The van der Waals surface area contributed by atoms with Crippen LogP contribution in [0.3, 0.4) is 0 Å². The minimum Gasteiger partial charge on any atom is -0.341 e. The summed E-state index contributed by atoms with van der Waals surface area (Å²) in [6, 6.07) is 16.1. The zero-order valence-corrected chi connectivity index (χ0v) is 16.1. The molecule has 2 rings (SSSR count). The number of nitriles is 1. The van der Waals surface area contributed by atoms with Crippen LogP contribution in [0.25, 0.3) is 11.1 Å². The van der Waals surface area contributed by atoms with Crippen molar-refractivity contribution in [1.82, 2.24) is 10.6 Å². The van der Waals surface area contributed by atoms with Crippen LogP contribution in [0.2, 0.25) is 5.02 Å². The Morgan fingerprint density at radius 3 is 2.41 bits per heavy atom. The summed E-state index contributed by atoms with van der Waals surface area (Å²) in [5, 5.41) is 14.2. The first-order chi connectivity index (χ1) is 12.9. The van der Waals surface area contributed by atoms with Crippen LogP contribution in [0.5, 0.6) is 0 Å². The highest BCUT2D eigenvalue weighted by Gasteiger charge is 2.23. The second kappa shape index (κ2) is 9.75. The molecule has 0 aliphatic rings. The van der Waals surface area contributed by atoms with Crippen molar-refractivity contribution >= 4 is 23.4 Å². The zero-order valence-electron chi connectivity index (χ0n) is 15.3. The van der Waals surface area contributed by atoms with Gasteiger partial charge in [-0.05, 0) is 35.6 Å². The SMILES string of the molecule is CC(C)C[C@H](NC(=O)c1ccc(-c2ccccc2)cc1Cl)C(=O)NCC#N. The van der Waals surface area contributed by atoms with Gasteiger partial charge < -0.3 is 10.6 Å². The second-order valence-corrected chi connectivity index (χ2v) is 7.00. The highest BCUT2D eigenvalue weighted by atomic mass is 35.5. The number of amides is 2. The molecule has 6 heteroatoms. The predicted octanol–water partition coefficient (Wildman–Crippen LogP) is 3.79. The molecule has 2 aromatic carbocycles. The Morgan fingerprint density at radius 2 is 1.81 bits per heavy atom. The molecule has 0 unspecified atom stereocenters. The molecule has 140 valence electrons. The minimum atomic E-state index is -0.726. The smallest absolute Gasteiger partial charge is 0.253 e. The maximum absolute atomic E-state index is 12.6. The summed E-state index contributed by atoms with van der Waals surface area (Å²) in [7, 11) is 0. The molecule has 2 aromatic rings. The molecule has 1 atom stereocenters. The van der Waals surface area contributed by atoms with Crippen molar-refractivity contribution in [3.8, 4) is 17.2 Å². The van der Waals surface area contributed by atoms with E-state index in [2.05, 4.69) is 10.6 Å². The lowest BCUT2D eigenvalue weighted by Crippen LogP contribution is -2.47. The lowest BCUT2D eigenvalue weighted by molar-refractivity contribution is -0.123. The summed E-state index contributed by atoms with van der Waals surface area (Å²) in [4.78, 5) is 24.9. The van der Waals surface area contributed by atoms with Crippen molar-refractivity contribution in [2.75, 3.05) is 6.54 Å². The van der Waals surface area contributed by atoms with Crippen LogP contribution in [0, 0.1) is 17.2 Å². The van der Waals surface area contributed by atoms with E-state index in [0.717, 1.165) is 11.1 Å². The maximum Gasteiger partial charge on any atom is 0.253 e. The van der Waals surface area contributed by atoms with Gasteiger partial charge >= 0.3 is 0 Å². The van der Waals surface area contributed by atoms with Crippen LogP contribution >= 0.6 is 11.6 Å². The molecule has 0 aromatic heterocycles. The van der Waals surface area contributed by atoms with Crippen molar-refractivity contribution in [2.24, 2.45) is 5.92 Å². The number of hydrogen-bond donors (Lipinski definition) is 2. The number of benzene rings is 2. The molecule has 0 spiro atoms. The van der Waals surface area contributed by atoms with Gasteiger partial charge in [-0.3, -0.25) is 9.59 Å². The molecular weight excluding hydrogens is 362 g/mol. The third-order valence-electron chi connectivity index (χ3n) is 3.99. The van der Waals surface area contributed by atoms with Crippen molar-refractivity contribution < 1.29 is 9.59 Å². The number of nitrogens with zero attached hydrogens (tertiary/aromatic N) is 1. The summed E-state index contributed by atoms with van der Waals surface area (Å²) < 4.78 is 0. The van der Waals surface area contributed by atoms with Gasteiger partial charge in [-0.2, -0.15) is 5.26 Å². The predicted molar refractivity (Wildman–Crippen MR) is 106 cm³/mol. The van der Waals surface area contributed by atoms with Gasteiger partial charge in [-0.1, -0.05) is 61.8 Å². The van der Waals surface area contributed by atoms with E-state index in [4.69, 9.17) is 16.9 Å². The van der Waals surface area contributed by atoms with Crippen molar-refractivity contribution in [1.29, 1.82) is 5.26 Å². The molecule has 0 bridgehead atoms. The molecule has 0 heterocycles. The third kappa shape index (κ3) is 5.83. The molecule has 27 heavy (non-hydrogen) atoms. The number of rotatable bonds is 7. The van der Waals surface area contributed by atoms with Gasteiger partial charge in [0, 0.05) is 0 Å². The number of carbonyl (C=O) groups excluding carboxylic acids is 2. The Kier molecular flexibility index (Phi) is 7.39. The van der Waals surface area contributed by atoms with Gasteiger partial charge in [0.25, 0.3) is 5.91 Å². The highest BCUT2D eigenvalue weighted by molar-refractivity contribution is 6.34. The maximum atomic E-state index is 12.6. The van der Waals surface area contributed by atoms with Crippen LogP contribution in [-0.2, 0) is 4.79 Å². The lowest BCUT2D eigenvalue weighted by Gasteiger charge is -2.20. The van der Waals surface area contributed by atoms with Crippen molar-refractivity contribution in [3.05, 3.63) is 59.1 Å². The minimum absolute atomic E-state index is 0.101. The molecule has 2 N–H and O–H groups in total. The number of nitrogens with one attached hydrogen (secondary N) is 2. The van der Waals surface area contributed by atoms with Crippen LogP contribution < -0.4 is 10.6 Å². The van der Waals surface area contributed by atoms with Gasteiger partial charge in [0.05, 0.1) is 16.7 Å². The largest absolute Gasteiger partial charge is 0.341 e. The molecule has 2 amide bonds. The molecule has 0 aliphatic carbocycles. The zero-order chi connectivity index (χ0) is 19.8. The molecule has 5 nitrogen and oxygen atoms in total. The fourth-order valence-electron chi connectivity index (χ4n) is 2.70. The van der Waals surface area contributed by atoms with E-state index in [9.17, 15) is 9.59 Å². The fourth-order valence-corrected chi connectivity index (χ4v) is 2.96. The summed E-state index contributed by atoms with van der Waals surface area (Å²) in [5.74, 6) is -0.605. The molecule has 0 fully saturated rings. The Labute approximate surface area is 164 Å². The Hall–Kier alpha value is -2.84. The van der Waals surface area contributed by atoms with Gasteiger partial charge in [0.15, 0.2) is 0 Å². The molecule has 0 saturated carbocycles. The van der Waals surface area contributed by atoms with Crippen LogP contribution in [0.4, 0.5) is 0 Å². The monoisotopic (exact) mass is 383 g/mol. The number of carbonyl (C=O) groups is 2. The van der Waals surface area contributed by atoms with Gasteiger partial charge in [0.1, 0.15) is 12.6 Å². The van der Waals surface area contributed by atoms with Crippen molar-refractivity contribution in [3.63, 3.8) is 0 Å². The fraction of sp³-hybridized carbons (Fsp3) is 0.286. The van der Waals surface area contributed by atoms with E-state index in [-0.39, 0.29) is 18.4 Å². The molecule has 0 aliphatic heterocycles. The van der Waals surface area contributed by atoms with E-state index < -0.39 is 11.9 Å².